The summed E-state index contributed by atoms with van der Waals surface area (Å²) in [5, 5.41) is 2.85. The number of nitrogens with zero attached hydrogens (tertiary/aromatic N) is 1. The topological polar surface area (TPSA) is 78.5 Å². The highest BCUT2D eigenvalue weighted by Crippen LogP contribution is 2.19. The molecule has 1 aliphatic rings. The van der Waals surface area contributed by atoms with Gasteiger partial charge in [-0.15, -0.1) is 0 Å². The molecule has 1 fully saturated rings. The van der Waals surface area contributed by atoms with E-state index >= 15 is 0 Å². The Labute approximate surface area is 161 Å². The Morgan fingerprint density at radius 3 is 2.38 bits per heavy atom. The number of amides is 2. The fourth-order valence-electron chi connectivity index (χ4n) is 2.85. The summed E-state index contributed by atoms with van der Waals surface area (Å²) in [6.07, 6.45) is 1.16. The van der Waals surface area contributed by atoms with Gasteiger partial charge in [0.2, 0.25) is 10.0 Å². The third kappa shape index (κ3) is 4.84. The standard InChI is InChI=1S/C18H20BrN3O3S/c19-14-5-4-8-17(13-14)26(24,25)21-16-9-11-22(12-10-16)18(23)20-15-6-2-1-3-7-15/h1-8,13,16,21H,9-12H2,(H,20,23). The van der Waals surface area contributed by atoms with Crippen LogP contribution < -0.4 is 10.0 Å². The lowest BCUT2D eigenvalue weighted by Crippen LogP contribution is -2.47. The fourth-order valence-corrected chi connectivity index (χ4v) is 4.75. The quantitative estimate of drug-likeness (QED) is 0.768. The van der Waals surface area contributed by atoms with Crippen molar-refractivity contribution < 1.29 is 13.2 Å². The summed E-state index contributed by atoms with van der Waals surface area (Å²) in [5.74, 6) is 0. The van der Waals surface area contributed by atoms with E-state index in [1.807, 2.05) is 30.3 Å². The first kappa shape index (κ1) is 18.9. The summed E-state index contributed by atoms with van der Waals surface area (Å²) in [5.41, 5.74) is 0.745. The second-order valence-corrected chi connectivity index (χ2v) is 8.77. The van der Waals surface area contributed by atoms with E-state index in [0.29, 0.717) is 30.4 Å². The van der Waals surface area contributed by atoms with Gasteiger partial charge in [0.15, 0.2) is 0 Å². The minimum absolute atomic E-state index is 0.163. The molecule has 0 atom stereocenters. The van der Waals surface area contributed by atoms with E-state index < -0.39 is 10.0 Å². The molecule has 0 saturated carbocycles. The number of anilines is 1. The molecule has 2 N–H and O–H groups in total. The van der Waals surface area contributed by atoms with Crippen molar-refractivity contribution in [3.05, 3.63) is 59.1 Å². The van der Waals surface area contributed by atoms with Crippen molar-refractivity contribution in [2.45, 2.75) is 23.8 Å². The smallest absolute Gasteiger partial charge is 0.321 e. The first-order valence-electron chi connectivity index (χ1n) is 8.33. The van der Waals surface area contributed by atoms with Crippen molar-refractivity contribution in [2.24, 2.45) is 0 Å². The van der Waals surface area contributed by atoms with E-state index in [2.05, 4.69) is 26.0 Å². The Morgan fingerprint density at radius 2 is 1.73 bits per heavy atom. The summed E-state index contributed by atoms with van der Waals surface area (Å²) in [4.78, 5) is 14.2. The number of rotatable bonds is 4. The number of urea groups is 1. The first-order valence-corrected chi connectivity index (χ1v) is 10.6. The van der Waals surface area contributed by atoms with Gasteiger partial charge in [-0.05, 0) is 43.2 Å². The molecule has 0 unspecified atom stereocenters. The Morgan fingerprint density at radius 1 is 1.04 bits per heavy atom. The fraction of sp³-hybridized carbons (Fsp3) is 0.278. The minimum Gasteiger partial charge on any atom is -0.324 e. The SMILES string of the molecule is O=C(Nc1ccccc1)N1CCC(NS(=O)(=O)c2cccc(Br)c2)CC1. The number of sulfonamides is 1. The van der Waals surface area contributed by atoms with Crippen LogP contribution in [-0.2, 0) is 10.0 Å². The normalized spacial score (nSPS) is 15.7. The maximum atomic E-state index is 12.5. The highest BCUT2D eigenvalue weighted by atomic mass is 79.9. The van der Waals surface area contributed by atoms with Crippen LogP contribution in [0.5, 0.6) is 0 Å². The molecule has 138 valence electrons. The van der Waals surface area contributed by atoms with E-state index in [-0.39, 0.29) is 17.0 Å². The second kappa shape index (κ2) is 8.20. The number of halogens is 1. The summed E-state index contributed by atoms with van der Waals surface area (Å²) in [6, 6.07) is 15.5. The Balaban J connectivity index is 1.54. The molecule has 0 spiro atoms. The van der Waals surface area contributed by atoms with Gasteiger partial charge in [-0.2, -0.15) is 0 Å². The Hall–Kier alpha value is -1.90. The molecule has 6 nitrogen and oxygen atoms in total. The molecule has 0 bridgehead atoms. The first-order chi connectivity index (χ1) is 12.4. The van der Waals surface area contributed by atoms with Crippen LogP contribution in [0.2, 0.25) is 0 Å². The monoisotopic (exact) mass is 437 g/mol. The van der Waals surface area contributed by atoms with Crippen molar-refractivity contribution in [2.75, 3.05) is 18.4 Å². The number of likely N-dealkylation sites (tertiary alicyclic amines) is 1. The number of hydrogen-bond donors (Lipinski definition) is 2. The van der Waals surface area contributed by atoms with Crippen LogP contribution in [0.15, 0.2) is 64.0 Å². The number of carbonyl (C=O) groups excluding carboxylic acids is 1. The number of benzene rings is 2. The van der Waals surface area contributed by atoms with Gasteiger partial charge in [0, 0.05) is 29.3 Å². The van der Waals surface area contributed by atoms with Gasteiger partial charge in [0.1, 0.15) is 0 Å². The van der Waals surface area contributed by atoms with Crippen LogP contribution in [0.3, 0.4) is 0 Å². The van der Waals surface area contributed by atoms with Gasteiger partial charge in [-0.1, -0.05) is 40.2 Å². The average Bonchev–Trinajstić information content (AvgIpc) is 2.63. The second-order valence-electron chi connectivity index (χ2n) is 6.14. The Kier molecular flexibility index (Phi) is 5.95. The molecule has 0 radical (unpaired) electrons. The van der Waals surface area contributed by atoms with Crippen molar-refractivity contribution in [1.29, 1.82) is 0 Å². The molecule has 2 aromatic rings. The van der Waals surface area contributed by atoms with Gasteiger partial charge in [-0.3, -0.25) is 0 Å². The third-order valence-electron chi connectivity index (χ3n) is 4.24. The van der Waals surface area contributed by atoms with Gasteiger partial charge in [0.25, 0.3) is 0 Å². The number of piperidine rings is 1. The van der Waals surface area contributed by atoms with Crippen LogP contribution in [0.4, 0.5) is 10.5 Å². The number of hydrogen-bond acceptors (Lipinski definition) is 3. The summed E-state index contributed by atoms with van der Waals surface area (Å²) >= 11 is 3.29. The predicted octanol–water partition coefficient (Wildman–Crippen LogP) is 3.42. The lowest BCUT2D eigenvalue weighted by Gasteiger charge is -2.32. The van der Waals surface area contributed by atoms with Crippen LogP contribution >= 0.6 is 15.9 Å². The highest BCUT2D eigenvalue weighted by molar-refractivity contribution is 9.10. The lowest BCUT2D eigenvalue weighted by molar-refractivity contribution is 0.193. The molecular formula is C18H20BrN3O3S. The van der Waals surface area contributed by atoms with Crippen LogP contribution in [0.25, 0.3) is 0 Å². The van der Waals surface area contributed by atoms with Gasteiger partial charge in [0.05, 0.1) is 4.90 Å². The number of para-hydroxylation sites is 1. The largest absolute Gasteiger partial charge is 0.324 e. The van der Waals surface area contributed by atoms with E-state index in [1.165, 1.54) is 0 Å². The number of carbonyl (C=O) groups is 1. The molecule has 0 aliphatic carbocycles. The Bertz CT molecular complexity index is 866. The molecular weight excluding hydrogens is 418 g/mol. The molecule has 1 saturated heterocycles. The zero-order valence-corrected chi connectivity index (χ0v) is 16.5. The van der Waals surface area contributed by atoms with E-state index in [0.717, 1.165) is 5.69 Å². The van der Waals surface area contributed by atoms with Crippen LogP contribution in [0.1, 0.15) is 12.8 Å². The van der Waals surface area contributed by atoms with Crippen LogP contribution in [-0.4, -0.2) is 38.5 Å². The summed E-state index contributed by atoms with van der Waals surface area (Å²) in [7, 11) is -3.57. The third-order valence-corrected chi connectivity index (χ3v) is 6.25. The van der Waals surface area contributed by atoms with E-state index in [1.54, 1.807) is 29.2 Å². The maximum absolute atomic E-state index is 12.5. The average molecular weight is 438 g/mol. The molecule has 2 aromatic carbocycles. The highest BCUT2D eigenvalue weighted by Gasteiger charge is 2.26. The van der Waals surface area contributed by atoms with Crippen LogP contribution in [0, 0.1) is 0 Å². The molecule has 3 rings (SSSR count). The van der Waals surface area contributed by atoms with Crippen molar-refractivity contribution in [3.63, 3.8) is 0 Å². The predicted molar refractivity (Wildman–Crippen MR) is 105 cm³/mol. The number of nitrogens with one attached hydrogen (secondary N) is 2. The molecule has 1 aliphatic heterocycles. The van der Waals surface area contributed by atoms with Gasteiger partial charge >= 0.3 is 6.03 Å². The van der Waals surface area contributed by atoms with Gasteiger partial charge < -0.3 is 10.2 Å². The molecule has 8 heteroatoms. The van der Waals surface area contributed by atoms with Gasteiger partial charge in [-0.25, -0.2) is 17.9 Å². The summed E-state index contributed by atoms with van der Waals surface area (Å²) < 4.78 is 28.4. The zero-order valence-electron chi connectivity index (χ0n) is 14.1. The van der Waals surface area contributed by atoms with Crippen molar-refractivity contribution in [1.82, 2.24) is 9.62 Å². The van der Waals surface area contributed by atoms with E-state index in [4.69, 9.17) is 0 Å². The summed E-state index contributed by atoms with van der Waals surface area (Å²) in [6.45, 7) is 1.01. The molecule has 2 amide bonds. The molecule has 0 aromatic heterocycles. The molecule has 1 heterocycles. The van der Waals surface area contributed by atoms with E-state index in [9.17, 15) is 13.2 Å². The lowest BCUT2D eigenvalue weighted by atomic mass is 10.1. The molecule has 26 heavy (non-hydrogen) atoms. The van der Waals surface area contributed by atoms with Crippen molar-refractivity contribution >= 4 is 37.7 Å². The minimum atomic E-state index is -3.57. The zero-order chi connectivity index (χ0) is 18.6. The van der Waals surface area contributed by atoms with Crippen molar-refractivity contribution in [3.8, 4) is 0 Å². The maximum Gasteiger partial charge on any atom is 0.321 e.